The number of ether oxygens (including phenoxy) is 1. The molecule has 0 spiro atoms. The van der Waals surface area contributed by atoms with Crippen LogP contribution >= 0.6 is 34.9 Å². The quantitative estimate of drug-likeness (QED) is 0.300. The zero-order chi connectivity index (χ0) is 20.5. The maximum atomic E-state index is 12.0. The molecule has 6 nitrogen and oxygen atoms in total. The van der Waals surface area contributed by atoms with Gasteiger partial charge in [-0.1, -0.05) is 76.8 Å². The number of hydrogen-bond acceptors (Lipinski definition) is 8. The van der Waals surface area contributed by atoms with E-state index in [0.29, 0.717) is 5.75 Å². The Bertz CT molecular complexity index is 974. The minimum atomic E-state index is -0.204. The molecule has 0 aliphatic heterocycles. The average Bonchev–Trinajstić information content (AvgIpc) is 3.20. The summed E-state index contributed by atoms with van der Waals surface area (Å²) in [5, 5.41) is 12.3. The summed E-state index contributed by atoms with van der Waals surface area (Å²) in [6.45, 7) is 2.07. The number of nitrogens with zero attached hydrogens (tertiary/aromatic N) is 3. The molecule has 0 fully saturated rings. The average molecular weight is 445 g/mol. The van der Waals surface area contributed by atoms with Gasteiger partial charge in [0.15, 0.2) is 8.68 Å². The Morgan fingerprint density at radius 2 is 1.86 bits per heavy atom. The van der Waals surface area contributed by atoms with E-state index in [1.807, 2.05) is 24.3 Å². The maximum Gasteiger partial charge on any atom is 0.250 e. The predicted octanol–water partition coefficient (Wildman–Crippen LogP) is 4.39. The van der Waals surface area contributed by atoms with Crippen molar-refractivity contribution in [3.8, 4) is 5.75 Å². The molecule has 0 bridgehead atoms. The van der Waals surface area contributed by atoms with Gasteiger partial charge < -0.3 is 4.74 Å². The Balaban J connectivity index is 1.42. The van der Waals surface area contributed by atoms with E-state index in [9.17, 15) is 4.79 Å². The van der Waals surface area contributed by atoms with Gasteiger partial charge in [-0.25, -0.2) is 5.43 Å². The molecule has 1 amide bonds. The first-order chi connectivity index (χ1) is 14.1. The number of para-hydroxylation sites is 1. The molecule has 29 heavy (non-hydrogen) atoms. The van der Waals surface area contributed by atoms with Crippen molar-refractivity contribution in [2.24, 2.45) is 5.10 Å². The Hall–Kier alpha value is -2.36. The molecule has 1 aromatic heterocycles. The van der Waals surface area contributed by atoms with Crippen molar-refractivity contribution < 1.29 is 9.53 Å². The monoisotopic (exact) mass is 444 g/mol. The van der Waals surface area contributed by atoms with Crippen LogP contribution in [0.1, 0.15) is 16.7 Å². The highest BCUT2D eigenvalue weighted by atomic mass is 32.2. The van der Waals surface area contributed by atoms with Gasteiger partial charge >= 0.3 is 0 Å². The standard InChI is InChI=1S/C20H20N4O2S3/c1-14-7-9-15(10-8-14)12-27-19-23-24-20(29-19)28-13-18(25)22-21-11-16-5-3-4-6-17(16)26-2/h3-11H,12-13H2,1-2H3,(H,22,25)/b21-11-. The number of rotatable bonds is 9. The fourth-order valence-electron chi connectivity index (χ4n) is 2.25. The van der Waals surface area contributed by atoms with Gasteiger partial charge in [0.1, 0.15) is 5.75 Å². The van der Waals surface area contributed by atoms with E-state index in [0.717, 1.165) is 20.0 Å². The largest absolute Gasteiger partial charge is 0.496 e. The van der Waals surface area contributed by atoms with Crippen LogP contribution in [0.2, 0.25) is 0 Å². The number of benzene rings is 2. The van der Waals surface area contributed by atoms with Crippen LogP contribution in [0, 0.1) is 6.92 Å². The maximum absolute atomic E-state index is 12.0. The highest BCUT2D eigenvalue weighted by Crippen LogP contribution is 2.30. The van der Waals surface area contributed by atoms with Gasteiger partial charge in [0, 0.05) is 11.3 Å². The van der Waals surface area contributed by atoms with E-state index in [4.69, 9.17) is 4.74 Å². The fraction of sp³-hybridized carbons (Fsp3) is 0.200. The van der Waals surface area contributed by atoms with Crippen molar-refractivity contribution in [2.45, 2.75) is 21.4 Å². The third kappa shape index (κ3) is 6.88. The van der Waals surface area contributed by atoms with E-state index in [1.165, 1.54) is 34.2 Å². The number of amides is 1. The third-order valence-electron chi connectivity index (χ3n) is 3.73. The molecular formula is C20H20N4O2S3. The molecule has 9 heteroatoms. The van der Waals surface area contributed by atoms with Crippen LogP contribution in [0.15, 0.2) is 62.3 Å². The van der Waals surface area contributed by atoms with Gasteiger partial charge in [-0.05, 0) is 24.6 Å². The molecule has 0 aliphatic rings. The van der Waals surface area contributed by atoms with Gasteiger partial charge in [0.05, 0.1) is 19.1 Å². The molecule has 0 saturated heterocycles. The molecule has 1 heterocycles. The summed E-state index contributed by atoms with van der Waals surface area (Å²) in [5.74, 6) is 1.56. The van der Waals surface area contributed by atoms with Crippen LogP contribution in [0.4, 0.5) is 0 Å². The molecule has 0 aliphatic carbocycles. The topological polar surface area (TPSA) is 76.5 Å². The Kier molecular flexibility index (Phi) is 8.09. The van der Waals surface area contributed by atoms with E-state index < -0.39 is 0 Å². The summed E-state index contributed by atoms with van der Waals surface area (Å²) in [6.07, 6.45) is 1.56. The molecule has 0 radical (unpaired) electrons. The first-order valence-corrected chi connectivity index (χ1v) is 11.5. The smallest absolute Gasteiger partial charge is 0.250 e. The first kappa shape index (κ1) is 21.4. The van der Waals surface area contributed by atoms with Crippen molar-refractivity contribution in [1.29, 1.82) is 0 Å². The van der Waals surface area contributed by atoms with Gasteiger partial charge in [-0.3, -0.25) is 4.79 Å². The van der Waals surface area contributed by atoms with Crippen molar-refractivity contribution in [2.75, 3.05) is 12.9 Å². The first-order valence-electron chi connectivity index (χ1n) is 8.73. The normalized spacial score (nSPS) is 11.0. The molecule has 0 unspecified atom stereocenters. The second kappa shape index (κ2) is 11.0. The third-order valence-corrected chi connectivity index (χ3v) is 6.99. The second-order valence-corrected chi connectivity index (χ2v) is 9.35. The summed E-state index contributed by atoms with van der Waals surface area (Å²) < 4.78 is 6.90. The lowest BCUT2D eigenvalue weighted by Gasteiger charge is -2.03. The molecule has 0 atom stereocenters. The van der Waals surface area contributed by atoms with Gasteiger partial charge in [-0.15, -0.1) is 10.2 Å². The van der Waals surface area contributed by atoms with Crippen molar-refractivity contribution >= 4 is 47.0 Å². The fourth-order valence-corrected chi connectivity index (χ4v) is 5.02. The minimum Gasteiger partial charge on any atom is -0.496 e. The molecule has 0 saturated carbocycles. The van der Waals surface area contributed by atoms with Crippen LogP contribution < -0.4 is 10.2 Å². The van der Waals surface area contributed by atoms with E-state index in [-0.39, 0.29) is 11.7 Å². The van der Waals surface area contributed by atoms with Crippen molar-refractivity contribution in [1.82, 2.24) is 15.6 Å². The second-order valence-electron chi connectivity index (χ2n) is 5.93. The number of hydrogen-bond donors (Lipinski definition) is 1. The van der Waals surface area contributed by atoms with Gasteiger partial charge in [0.25, 0.3) is 5.91 Å². The van der Waals surface area contributed by atoms with Gasteiger partial charge in [0.2, 0.25) is 0 Å². The zero-order valence-corrected chi connectivity index (χ0v) is 18.4. The van der Waals surface area contributed by atoms with Gasteiger partial charge in [-0.2, -0.15) is 5.10 Å². The predicted molar refractivity (Wildman–Crippen MR) is 120 cm³/mol. The molecule has 3 rings (SSSR count). The molecular weight excluding hydrogens is 424 g/mol. The lowest BCUT2D eigenvalue weighted by Crippen LogP contribution is -2.19. The number of thioether (sulfide) groups is 2. The summed E-state index contributed by atoms with van der Waals surface area (Å²) in [6, 6.07) is 15.9. The highest BCUT2D eigenvalue weighted by Gasteiger charge is 2.09. The number of aryl methyl sites for hydroxylation is 1. The highest BCUT2D eigenvalue weighted by molar-refractivity contribution is 8.03. The van der Waals surface area contributed by atoms with E-state index in [1.54, 1.807) is 25.1 Å². The lowest BCUT2D eigenvalue weighted by molar-refractivity contribution is -0.118. The number of carbonyl (C=O) groups is 1. The van der Waals surface area contributed by atoms with Crippen LogP contribution in [-0.2, 0) is 10.5 Å². The SMILES string of the molecule is COc1ccccc1/C=N\NC(=O)CSc1nnc(SCc2ccc(C)cc2)s1. The molecule has 3 aromatic rings. The summed E-state index contributed by atoms with van der Waals surface area (Å²) in [4.78, 5) is 12.0. The Labute approximate surface area is 182 Å². The molecule has 2 aromatic carbocycles. The van der Waals surface area contributed by atoms with Crippen molar-refractivity contribution in [3.63, 3.8) is 0 Å². The number of methoxy groups -OCH3 is 1. The number of carbonyl (C=O) groups excluding carboxylic acids is 1. The number of hydrazone groups is 1. The summed E-state index contributed by atoms with van der Waals surface area (Å²) in [7, 11) is 1.59. The summed E-state index contributed by atoms with van der Waals surface area (Å²) >= 11 is 4.48. The summed E-state index contributed by atoms with van der Waals surface area (Å²) in [5.41, 5.74) is 5.81. The lowest BCUT2D eigenvalue weighted by atomic mass is 10.2. The minimum absolute atomic E-state index is 0.204. The van der Waals surface area contributed by atoms with E-state index in [2.05, 4.69) is 51.9 Å². The number of aromatic nitrogens is 2. The van der Waals surface area contributed by atoms with Crippen LogP contribution in [-0.4, -0.2) is 35.2 Å². The zero-order valence-electron chi connectivity index (χ0n) is 16.0. The Morgan fingerprint density at radius 1 is 1.14 bits per heavy atom. The molecule has 150 valence electrons. The number of nitrogens with one attached hydrogen (secondary N) is 1. The Morgan fingerprint density at radius 3 is 2.62 bits per heavy atom. The van der Waals surface area contributed by atoms with Crippen molar-refractivity contribution in [3.05, 3.63) is 65.2 Å². The van der Waals surface area contributed by atoms with Crippen LogP contribution in [0.5, 0.6) is 5.75 Å². The van der Waals surface area contributed by atoms with E-state index >= 15 is 0 Å². The van der Waals surface area contributed by atoms with Crippen LogP contribution in [0.3, 0.4) is 0 Å². The molecule has 1 N–H and O–H groups in total. The van der Waals surface area contributed by atoms with Crippen LogP contribution in [0.25, 0.3) is 0 Å².